The number of nitrogens with one attached hydrogen (secondary N) is 1. The molecule has 2 rings (SSSR count). The zero-order valence-electron chi connectivity index (χ0n) is 9.69. The Bertz CT molecular complexity index is 498. The van der Waals surface area contributed by atoms with Gasteiger partial charge in [0.05, 0.1) is 0 Å². The molecule has 0 saturated heterocycles. The molecule has 0 aromatic heterocycles. The number of nitrogens with two attached hydrogens (primary N) is 1. The lowest BCUT2D eigenvalue weighted by Crippen LogP contribution is -2.40. The van der Waals surface area contributed by atoms with Gasteiger partial charge in [0, 0.05) is 11.0 Å². The third kappa shape index (κ3) is 2.48. The summed E-state index contributed by atoms with van der Waals surface area (Å²) in [6.07, 6.45) is 1.26. The fourth-order valence-corrected chi connectivity index (χ4v) is 2.27. The van der Waals surface area contributed by atoms with E-state index >= 15 is 0 Å². The standard InChI is InChI=1S/C12H14BrN3O2/c13-9-3-1-2-8(6-9)7-15-11(17)12(4-5-12)10(14)16-18/h1-3,6,18H,4-5,7H2,(H2,14,16)(H,15,17). The number of amides is 1. The van der Waals surface area contributed by atoms with E-state index in [1.807, 2.05) is 24.3 Å². The van der Waals surface area contributed by atoms with Crippen LogP contribution in [0.2, 0.25) is 0 Å². The van der Waals surface area contributed by atoms with Gasteiger partial charge in [-0.1, -0.05) is 33.2 Å². The maximum absolute atomic E-state index is 12.0. The highest BCUT2D eigenvalue weighted by Gasteiger charge is 2.54. The molecule has 6 heteroatoms. The molecule has 1 aliphatic rings. The first-order valence-corrected chi connectivity index (χ1v) is 6.38. The lowest BCUT2D eigenvalue weighted by atomic mass is 10.1. The third-order valence-electron chi connectivity index (χ3n) is 3.12. The molecular weight excluding hydrogens is 298 g/mol. The highest BCUT2D eigenvalue weighted by Crippen LogP contribution is 2.46. The largest absolute Gasteiger partial charge is 0.409 e. The summed E-state index contributed by atoms with van der Waals surface area (Å²) >= 11 is 3.37. The van der Waals surface area contributed by atoms with Crippen LogP contribution in [0.3, 0.4) is 0 Å². The molecule has 5 nitrogen and oxygen atoms in total. The van der Waals surface area contributed by atoms with Crippen LogP contribution in [0.4, 0.5) is 0 Å². The second-order valence-electron chi connectivity index (χ2n) is 4.38. The van der Waals surface area contributed by atoms with E-state index < -0.39 is 5.41 Å². The van der Waals surface area contributed by atoms with Crippen LogP contribution in [-0.4, -0.2) is 17.0 Å². The molecule has 0 atom stereocenters. The molecule has 0 unspecified atom stereocenters. The SMILES string of the molecule is N/C(=N/O)C1(C(=O)NCc2cccc(Br)c2)CC1. The lowest BCUT2D eigenvalue weighted by molar-refractivity contribution is -0.124. The van der Waals surface area contributed by atoms with Crippen molar-refractivity contribution in [3.05, 3.63) is 34.3 Å². The van der Waals surface area contributed by atoms with Crippen LogP contribution >= 0.6 is 15.9 Å². The van der Waals surface area contributed by atoms with Crippen LogP contribution in [-0.2, 0) is 11.3 Å². The summed E-state index contributed by atoms with van der Waals surface area (Å²) in [5.74, 6) is -0.188. The van der Waals surface area contributed by atoms with E-state index in [4.69, 9.17) is 10.9 Å². The van der Waals surface area contributed by atoms with Crippen molar-refractivity contribution >= 4 is 27.7 Å². The summed E-state index contributed by atoms with van der Waals surface area (Å²) in [4.78, 5) is 12.0. The molecule has 1 saturated carbocycles. The quantitative estimate of drug-likeness (QED) is 0.341. The van der Waals surface area contributed by atoms with Crippen molar-refractivity contribution in [2.45, 2.75) is 19.4 Å². The molecule has 1 amide bonds. The molecule has 0 aliphatic heterocycles. The van der Waals surface area contributed by atoms with Gasteiger partial charge in [0.15, 0.2) is 5.84 Å². The third-order valence-corrected chi connectivity index (χ3v) is 3.62. The minimum Gasteiger partial charge on any atom is -0.409 e. The van der Waals surface area contributed by atoms with Crippen LogP contribution in [0.25, 0.3) is 0 Å². The number of halogens is 1. The molecule has 0 bridgehead atoms. The Hall–Kier alpha value is -1.56. The van der Waals surface area contributed by atoms with Gasteiger partial charge in [-0.3, -0.25) is 4.79 Å². The van der Waals surface area contributed by atoms with E-state index in [2.05, 4.69) is 26.4 Å². The number of hydrogen-bond donors (Lipinski definition) is 3. The van der Waals surface area contributed by atoms with Crippen LogP contribution in [0.15, 0.2) is 33.9 Å². The molecule has 0 heterocycles. The molecule has 96 valence electrons. The van der Waals surface area contributed by atoms with E-state index in [0.29, 0.717) is 19.4 Å². The number of carbonyl (C=O) groups excluding carboxylic acids is 1. The second kappa shape index (κ2) is 4.97. The zero-order valence-corrected chi connectivity index (χ0v) is 11.3. The number of amidine groups is 1. The Labute approximate surface area is 113 Å². The fraction of sp³-hybridized carbons (Fsp3) is 0.333. The number of hydrogen-bond acceptors (Lipinski definition) is 3. The van der Waals surface area contributed by atoms with E-state index in [0.717, 1.165) is 10.0 Å². The first kappa shape index (κ1) is 12.9. The molecule has 1 aliphatic carbocycles. The average Bonchev–Trinajstić information content (AvgIpc) is 3.16. The number of nitrogens with zero attached hydrogens (tertiary/aromatic N) is 1. The molecule has 0 spiro atoms. The molecule has 4 N–H and O–H groups in total. The summed E-state index contributed by atoms with van der Waals surface area (Å²) in [6, 6.07) is 7.68. The van der Waals surface area contributed by atoms with Gasteiger partial charge in [0.25, 0.3) is 0 Å². The Morgan fingerprint density at radius 1 is 1.56 bits per heavy atom. The molecular formula is C12H14BrN3O2. The molecule has 1 aromatic carbocycles. The van der Waals surface area contributed by atoms with Crippen molar-refractivity contribution in [1.29, 1.82) is 0 Å². The van der Waals surface area contributed by atoms with Crippen molar-refractivity contribution in [3.63, 3.8) is 0 Å². The Kier molecular flexibility index (Phi) is 3.56. The molecule has 1 aromatic rings. The predicted molar refractivity (Wildman–Crippen MR) is 71.1 cm³/mol. The van der Waals surface area contributed by atoms with E-state index in [1.165, 1.54) is 0 Å². The van der Waals surface area contributed by atoms with Gasteiger partial charge in [-0.15, -0.1) is 0 Å². The first-order valence-electron chi connectivity index (χ1n) is 5.59. The maximum Gasteiger partial charge on any atom is 0.234 e. The van der Waals surface area contributed by atoms with Crippen LogP contribution in [0.1, 0.15) is 18.4 Å². The zero-order chi connectivity index (χ0) is 13.2. The van der Waals surface area contributed by atoms with Gasteiger partial charge < -0.3 is 16.3 Å². The second-order valence-corrected chi connectivity index (χ2v) is 5.30. The predicted octanol–water partition coefficient (Wildman–Crippen LogP) is 1.59. The average molecular weight is 312 g/mol. The highest BCUT2D eigenvalue weighted by atomic mass is 79.9. The van der Waals surface area contributed by atoms with E-state index in [1.54, 1.807) is 0 Å². The van der Waals surface area contributed by atoms with Gasteiger partial charge in [-0.05, 0) is 30.5 Å². The summed E-state index contributed by atoms with van der Waals surface area (Å²) < 4.78 is 0.965. The Morgan fingerprint density at radius 2 is 2.28 bits per heavy atom. The smallest absolute Gasteiger partial charge is 0.234 e. The monoisotopic (exact) mass is 311 g/mol. The lowest BCUT2D eigenvalue weighted by Gasteiger charge is -2.13. The van der Waals surface area contributed by atoms with Gasteiger partial charge in [-0.25, -0.2) is 0 Å². The minimum atomic E-state index is -0.791. The molecule has 1 fully saturated rings. The van der Waals surface area contributed by atoms with Crippen LogP contribution in [0, 0.1) is 5.41 Å². The molecule has 18 heavy (non-hydrogen) atoms. The van der Waals surface area contributed by atoms with Crippen molar-refractivity contribution in [3.8, 4) is 0 Å². The summed E-state index contributed by atoms with van der Waals surface area (Å²) in [6.45, 7) is 0.429. The Balaban J connectivity index is 1.97. The number of carbonyl (C=O) groups is 1. The summed E-state index contributed by atoms with van der Waals surface area (Å²) in [5.41, 5.74) is 5.74. The first-order chi connectivity index (χ1) is 8.58. The van der Waals surface area contributed by atoms with E-state index in [9.17, 15) is 4.79 Å². The fourth-order valence-electron chi connectivity index (χ4n) is 1.82. The topological polar surface area (TPSA) is 87.7 Å². The number of benzene rings is 1. The van der Waals surface area contributed by atoms with Crippen LogP contribution in [0.5, 0.6) is 0 Å². The van der Waals surface area contributed by atoms with Crippen molar-refractivity contribution in [2.24, 2.45) is 16.3 Å². The summed E-state index contributed by atoms with van der Waals surface area (Å²) in [5, 5.41) is 14.4. The van der Waals surface area contributed by atoms with Crippen molar-refractivity contribution in [1.82, 2.24) is 5.32 Å². The van der Waals surface area contributed by atoms with Gasteiger partial charge in [-0.2, -0.15) is 0 Å². The minimum absolute atomic E-state index is 0.00533. The van der Waals surface area contributed by atoms with Crippen molar-refractivity contribution < 1.29 is 10.0 Å². The summed E-state index contributed by atoms with van der Waals surface area (Å²) in [7, 11) is 0. The van der Waals surface area contributed by atoms with Crippen LogP contribution < -0.4 is 11.1 Å². The Morgan fingerprint density at radius 3 is 2.83 bits per heavy atom. The highest BCUT2D eigenvalue weighted by molar-refractivity contribution is 9.10. The van der Waals surface area contributed by atoms with Gasteiger partial charge in [0.2, 0.25) is 5.91 Å². The maximum atomic E-state index is 12.0. The van der Waals surface area contributed by atoms with E-state index in [-0.39, 0.29) is 11.7 Å². The van der Waals surface area contributed by atoms with Gasteiger partial charge >= 0.3 is 0 Å². The van der Waals surface area contributed by atoms with Crippen molar-refractivity contribution in [2.75, 3.05) is 0 Å². The normalized spacial score (nSPS) is 17.3. The van der Waals surface area contributed by atoms with Gasteiger partial charge in [0.1, 0.15) is 5.41 Å². The number of rotatable bonds is 4. The molecule has 0 radical (unpaired) electrons. The number of oxime groups is 1.